The average Bonchev–Trinajstić information content (AvgIpc) is 3.26. The molecule has 8 nitrogen and oxygen atoms in total. The van der Waals surface area contributed by atoms with E-state index < -0.39 is 5.97 Å². The molecular formula is C20H15N3O5. The van der Waals surface area contributed by atoms with E-state index >= 15 is 0 Å². The first-order chi connectivity index (χ1) is 13.7. The van der Waals surface area contributed by atoms with Crippen LogP contribution in [0.25, 0.3) is 17.5 Å². The highest BCUT2D eigenvalue weighted by molar-refractivity contribution is 5.88. The first-order valence-electron chi connectivity index (χ1n) is 8.14. The molecule has 0 N–H and O–H groups in total. The van der Waals surface area contributed by atoms with Gasteiger partial charge in [0.05, 0.1) is 7.11 Å². The zero-order valence-electron chi connectivity index (χ0n) is 14.9. The summed E-state index contributed by atoms with van der Waals surface area (Å²) < 4.78 is 20.8. The Labute approximate surface area is 160 Å². The van der Waals surface area contributed by atoms with Crippen LogP contribution in [0.1, 0.15) is 5.56 Å². The molecule has 0 radical (unpaired) electrons. The fourth-order valence-corrected chi connectivity index (χ4v) is 2.30. The zero-order chi connectivity index (χ0) is 19.8. The summed E-state index contributed by atoms with van der Waals surface area (Å²) in [4.78, 5) is 12.0. The van der Waals surface area contributed by atoms with E-state index in [9.17, 15) is 4.79 Å². The Morgan fingerprint density at radius 2 is 2.04 bits per heavy atom. The molecular weight excluding hydrogens is 362 g/mol. The molecule has 3 aromatic rings. The van der Waals surface area contributed by atoms with Gasteiger partial charge in [0.25, 0.3) is 0 Å². The Morgan fingerprint density at radius 3 is 2.71 bits per heavy atom. The van der Waals surface area contributed by atoms with E-state index in [1.807, 2.05) is 6.07 Å². The summed E-state index contributed by atoms with van der Waals surface area (Å²) in [5.74, 6) is 1.14. The molecule has 0 aliphatic rings. The lowest BCUT2D eigenvalue weighted by molar-refractivity contribution is -0.128. The monoisotopic (exact) mass is 377 g/mol. The third kappa shape index (κ3) is 4.74. The van der Waals surface area contributed by atoms with E-state index in [0.29, 0.717) is 28.7 Å². The lowest BCUT2D eigenvalue weighted by atomic mass is 10.2. The average molecular weight is 377 g/mol. The van der Waals surface area contributed by atoms with Gasteiger partial charge in [0, 0.05) is 11.6 Å². The highest BCUT2D eigenvalue weighted by Gasteiger charge is 2.07. The molecule has 0 saturated carbocycles. The molecule has 2 aromatic carbocycles. The summed E-state index contributed by atoms with van der Waals surface area (Å²) in [7, 11) is 1.49. The summed E-state index contributed by atoms with van der Waals surface area (Å²) >= 11 is 0. The molecule has 8 heteroatoms. The molecule has 0 atom stereocenters. The van der Waals surface area contributed by atoms with Gasteiger partial charge in [-0.3, -0.25) is 0 Å². The Bertz CT molecular complexity index is 1010. The molecule has 3 rings (SSSR count). The summed E-state index contributed by atoms with van der Waals surface area (Å²) in [6.07, 6.45) is 4.13. The van der Waals surface area contributed by atoms with E-state index in [-0.39, 0.29) is 6.61 Å². The number of hydrogen-bond donors (Lipinski definition) is 0. The van der Waals surface area contributed by atoms with Gasteiger partial charge in [-0.15, -0.1) is 10.2 Å². The summed E-state index contributed by atoms with van der Waals surface area (Å²) in [6, 6.07) is 13.7. The minimum Gasteiger partial charge on any atom is -0.493 e. The number of hydrogen-bond acceptors (Lipinski definition) is 8. The van der Waals surface area contributed by atoms with Crippen molar-refractivity contribution in [1.29, 1.82) is 5.26 Å². The number of carbonyl (C=O) groups is 1. The van der Waals surface area contributed by atoms with Crippen molar-refractivity contribution in [3.05, 3.63) is 60.5 Å². The SMILES string of the molecule is COc1cc(C=CC(=O)Oc2ccc(-c3nnco3)cc2)ccc1OCC#N. The van der Waals surface area contributed by atoms with Gasteiger partial charge in [0.2, 0.25) is 12.3 Å². The van der Waals surface area contributed by atoms with Crippen LogP contribution in [0.2, 0.25) is 0 Å². The van der Waals surface area contributed by atoms with Crippen LogP contribution < -0.4 is 14.2 Å². The van der Waals surface area contributed by atoms with Crippen LogP contribution in [0.4, 0.5) is 0 Å². The minimum absolute atomic E-state index is 0.0802. The number of benzene rings is 2. The number of methoxy groups -OCH3 is 1. The van der Waals surface area contributed by atoms with E-state index in [1.54, 1.807) is 48.5 Å². The van der Waals surface area contributed by atoms with Gasteiger partial charge in [-0.2, -0.15) is 5.26 Å². The maximum absolute atomic E-state index is 12.0. The van der Waals surface area contributed by atoms with Crippen molar-refractivity contribution < 1.29 is 23.4 Å². The molecule has 28 heavy (non-hydrogen) atoms. The molecule has 0 unspecified atom stereocenters. The molecule has 1 aromatic heterocycles. The highest BCUT2D eigenvalue weighted by Crippen LogP contribution is 2.28. The largest absolute Gasteiger partial charge is 0.493 e. The Balaban J connectivity index is 1.62. The van der Waals surface area contributed by atoms with Crippen molar-refractivity contribution >= 4 is 12.0 Å². The number of rotatable bonds is 7. The van der Waals surface area contributed by atoms with Crippen molar-refractivity contribution in [1.82, 2.24) is 10.2 Å². The number of nitriles is 1. The van der Waals surface area contributed by atoms with E-state index in [1.165, 1.54) is 19.6 Å². The third-order valence-electron chi connectivity index (χ3n) is 3.57. The van der Waals surface area contributed by atoms with Crippen molar-refractivity contribution in [2.45, 2.75) is 0 Å². The second kappa shape index (κ2) is 9.00. The van der Waals surface area contributed by atoms with Crippen LogP contribution in [0.15, 0.2) is 59.4 Å². The number of aromatic nitrogens is 2. The molecule has 0 bridgehead atoms. The maximum Gasteiger partial charge on any atom is 0.336 e. The summed E-state index contributed by atoms with van der Waals surface area (Å²) in [5, 5.41) is 16.0. The van der Waals surface area contributed by atoms with Gasteiger partial charge in [-0.1, -0.05) is 6.07 Å². The highest BCUT2D eigenvalue weighted by atomic mass is 16.5. The fraction of sp³-hybridized carbons (Fsp3) is 0.100. The van der Waals surface area contributed by atoms with Crippen LogP contribution in [-0.4, -0.2) is 29.9 Å². The van der Waals surface area contributed by atoms with Gasteiger partial charge >= 0.3 is 5.97 Å². The number of esters is 1. The number of carbonyl (C=O) groups excluding carboxylic acids is 1. The Morgan fingerprint density at radius 1 is 1.21 bits per heavy atom. The van der Waals surface area contributed by atoms with E-state index in [2.05, 4.69) is 10.2 Å². The van der Waals surface area contributed by atoms with Crippen molar-refractivity contribution in [2.75, 3.05) is 13.7 Å². The second-order valence-corrected chi connectivity index (χ2v) is 5.38. The normalized spacial score (nSPS) is 10.4. The second-order valence-electron chi connectivity index (χ2n) is 5.38. The van der Waals surface area contributed by atoms with Crippen LogP contribution >= 0.6 is 0 Å². The zero-order valence-corrected chi connectivity index (χ0v) is 14.9. The van der Waals surface area contributed by atoms with Crippen LogP contribution in [0.5, 0.6) is 17.2 Å². The molecule has 0 fully saturated rings. The molecule has 0 spiro atoms. The van der Waals surface area contributed by atoms with Gasteiger partial charge < -0.3 is 18.6 Å². The van der Waals surface area contributed by atoms with E-state index in [0.717, 1.165) is 5.56 Å². The predicted octanol–water partition coefficient (Wildman–Crippen LogP) is 3.27. The molecule has 1 heterocycles. The lowest BCUT2D eigenvalue weighted by Gasteiger charge is -2.08. The Hall–Kier alpha value is -4.12. The first-order valence-corrected chi connectivity index (χ1v) is 8.14. The van der Waals surface area contributed by atoms with Crippen LogP contribution in [0.3, 0.4) is 0 Å². The van der Waals surface area contributed by atoms with E-state index in [4.69, 9.17) is 23.9 Å². The number of nitrogens with zero attached hydrogens (tertiary/aromatic N) is 3. The quantitative estimate of drug-likeness (QED) is 0.351. The maximum atomic E-state index is 12.0. The molecule has 140 valence electrons. The standard InChI is InChI=1S/C20H15N3O5/c1-25-18-12-14(2-8-17(18)26-11-10-21)3-9-19(24)28-16-6-4-15(5-7-16)20-23-22-13-27-20/h2-9,12-13H,11H2,1H3. The predicted molar refractivity (Wildman–Crippen MR) is 98.5 cm³/mol. The van der Waals surface area contributed by atoms with Crippen LogP contribution in [0, 0.1) is 11.3 Å². The minimum atomic E-state index is -0.533. The van der Waals surface area contributed by atoms with Crippen molar-refractivity contribution in [3.63, 3.8) is 0 Å². The van der Waals surface area contributed by atoms with Gasteiger partial charge in [0.1, 0.15) is 11.8 Å². The van der Waals surface area contributed by atoms with Gasteiger partial charge in [0.15, 0.2) is 18.1 Å². The van der Waals surface area contributed by atoms with Crippen molar-refractivity contribution in [2.24, 2.45) is 0 Å². The molecule has 0 saturated heterocycles. The van der Waals surface area contributed by atoms with Gasteiger partial charge in [-0.05, 0) is 48.0 Å². The van der Waals surface area contributed by atoms with Crippen molar-refractivity contribution in [3.8, 4) is 34.8 Å². The summed E-state index contributed by atoms with van der Waals surface area (Å²) in [5.41, 5.74) is 1.43. The molecule has 0 aliphatic heterocycles. The smallest absolute Gasteiger partial charge is 0.336 e. The third-order valence-corrected chi connectivity index (χ3v) is 3.57. The molecule has 0 amide bonds. The van der Waals surface area contributed by atoms with Crippen LogP contribution in [-0.2, 0) is 4.79 Å². The fourth-order valence-electron chi connectivity index (χ4n) is 2.30. The first kappa shape index (κ1) is 18.7. The van der Waals surface area contributed by atoms with Gasteiger partial charge in [-0.25, -0.2) is 4.79 Å². The lowest BCUT2D eigenvalue weighted by Crippen LogP contribution is -2.03. The number of ether oxygens (including phenoxy) is 3. The molecule has 0 aliphatic carbocycles. The Kier molecular flexibility index (Phi) is 6.00. The topological polar surface area (TPSA) is 107 Å². The summed E-state index contributed by atoms with van der Waals surface area (Å²) in [6.45, 7) is -0.0802.